The van der Waals surface area contributed by atoms with Crippen LogP contribution in [0, 0.1) is 0 Å². The lowest BCUT2D eigenvalue weighted by Gasteiger charge is -2.17. The van der Waals surface area contributed by atoms with E-state index in [1.54, 1.807) is 19.2 Å². The molecule has 1 N–H and O–H groups in total. The van der Waals surface area contributed by atoms with Crippen LogP contribution in [0.3, 0.4) is 0 Å². The van der Waals surface area contributed by atoms with Crippen LogP contribution in [-0.2, 0) is 11.2 Å². The van der Waals surface area contributed by atoms with E-state index in [4.69, 9.17) is 4.74 Å². The molecule has 0 heterocycles. The van der Waals surface area contributed by atoms with Gasteiger partial charge in [-0.15, -0.1) is 13.2 Å². The first-order chi connectivity index (χ1) is 9.94. The Morgan fingerprint density at radius 2 is 1.86 bits per heavy atom. The zero-order chi connectivity index (χ0) is 15.7. The van der Waals surface area contributed by atoms with Gasteiger partial charge < -0.3 is 14.8 Å². The highest BCUT2D eigenvalue weighted by atomic mass is 19.4. The Hall–Kier alpha value is -1.27. The molecule has 0 bridgehead atoms. The third-order valence-electron chi connectivity index (χ3n) is 2.99. The Morgan fingerprint density at radius 3 is 2.38 bits per heavy atom. The van der Waals surface area contributed by atoms with Crippen molar-refractivity contribution in [3.8, 4) is 5.75 Å². The lowest BCUT2D eigenvalue weighted by Crippen LogP contribution is -2.34. The Kier molecular flexibility index (Phi) is 7.53. The van der Waals surface area contributed by atoms with Gasteiger partial charge in [-0.1, -0.05) is 19.1 Å². The van der Waals surface area contributed by atoms with Crippen molar-refractivity contribution in [2.45, 2.75) is 38.6 Å². The minimum Gasteiger partial charge on any atom is -0.406 e. The lowest BCUT2D eigenvalue weighted by atomic mass is 10.1. The van der Waals surface area contributed by atoms with Crippen LogP contribution in [-0.4, -0.2) is 32.7 Å². The summed E-state index contributed by atoms with van der Waals surface area (Å²) in [6.45, 7) is 3.64. The van der Waals surface area contributed by atoms with Crippen molar-refractivity contribution in [1.29, 1.82) is 0 Å². The zero-order valence-electron chi connectivity index (χ0n) is 12.4. The predicted octanol–water partition coefficient (Wildman–Crippen LogP) is 3.53. The van der Waals surface area contributed by atoms with Gasteiger partial charge in [0.15, 0.2) is 0 Å². The Labute approximate surface area is 123 Å². The summed E-state index contributed by atoms with van der Waals surface area (Å²) in [5.41, 5.74) is 0.976. The van der Waals surface area contributed by atoms with Crippen LogP contribution in [0.4, 0.5) is 13.2 Å². The maximum Gasteiger partial charge on any atom is 0.573 e. The van der Waals surface area contributed by atoms with Crippen LogP contribution < -0.4 is 10.1 Å². The number of ether oxygens (including phenoxy) is 2. The molecule has 0 aliphatic rings. The van der Waals surface area contributed by atoms with E-state index in [2.05, 4.69) is 17.0 Å². The van der Waals surface area contributed by atoms with E-state index in [0.29, 0.717) is 6.61 Å². The van der Waals surface area contributed by atoms with E-state index in [1.807, 2.05) is 0 Å². The molecule has 1 aromatic rings. The van der Waals surface area contributed by atoms with Crippen molar-refractivity contribution in [3.63, 3.8) is 0 Å². The third-order valence-corrected chi connectivity index (χ3v) is 2.99. The van der Waals surface area contributed by atoms with E-state index in [0.717, 1.165) is 31.4 Å². The third kappa shape index (κ3) is 7.92. The number of rotatable bonds is 9. The molecule has 0 saturated carbocycles. The quantitative estimate of drug-likeness (QED) is 0.757. The minimum atomic E-state index is -4.64. The van der Waals surface area contributed by atoms with Crippen molar-refractivity contribution < 1.29 is 22.6 Å². The SMILES string of the molecule is CCCNC(CCc1ccc(OC(F)(F)F)cc1)COC. The standard InChI is InChI=1S/C15H22F3NO2/c1-3-10-19-13(11-20-2)7-4-12-5-8-14(9-6-12)21-15(16,17)18/h5-6,8-9,13,19H,3-4,7,10-11H2,1-2H3. The number of nitrogens with one attached hydrogen (secondary N) is 1. The highest BCUT2D eigenvalue weighted by Crippen LogP contribution is 2.23. The topological polar surface area (TPSA) is 30.5 Å². The van der Waals surface area contributed by atoms with Crippen molar-refractivity contribution in [1.82, 2.24) is 5.32 Å². The molecule has 1 unspecified atom stereocenters. The average molecular weight is 305 g/mol. The Bertz CT molecular complexity index is 393. The van der Waals surface area contributed by atoms with Gasteiger partial charge in [0.05, 0.1) is 6.61 Å². The Morgan fingerprint density at radius 1 is 1.19 bits per heavy atom. The van der Waals surface area contributed by atoms with Crippen molar-refractivity contribution in [3.05, 3.63) is 29.8 Å². The van der Waals surface area contributed by atoms with Crippen molar-refractivity contribution >= 4 is 0 Å². The van der Waals surface area contributed by atoms with Gasteiger partial charge in [0.2, 0.25) is 0 Å². The van der Waals surface area contributed by atoms with E-state index in [1.165, 1.54) is 12.1 Å². The van der Waals surface area contributed by atoms with Crippen LogP contribution in [0.2, 0.25) is 0 Å². The average Bonchev–Trinajstić information content (AvgIpc) is 2.42. The smallest absolute Gasteiger partial charge is 0.406 e. The van der Waals surface area contributed by atoms with Gasteiger partial charge in [-0.25, -0.2) is 0 Å². The highest BCUT2D eigenvalue weighted by molar-refractivity contribution is 5.27. The minimum absolute atomic E-state index is 0.191. The Balaban J connectivity index is 2.46. The summed E-state index contributed by atoms with van der Waals surface area (Å²) in [5, 5.41) is 3.38. The first-order valence-electron chi connectivity index (χ1n) is 7.01. The second-order valence-corrected chi connectivity index (χ2v) is 4.84. The maximum absolute atomic E-state index is 12.1. The van der Waals surface area contributed by atoms with E-state index >= 15 is 0 Å². The molecular weight excluding hydrogens is 283 g/mol. The second-order valence-electron chi connectivity index (χ2n) is 4.84. The number of aryl methyl sites for hydroxylation is 1. The fraction of sp³-hybridized carbons (Fsp3) is 0.600. The van der Waals surface area contributed by atoms with Gasteiger partial charge in [0.1, 0.15) is 5.75 Å². The largest absolute Gasteiger partial charge is 0.573 e. The second kappa shape index (κ2) is 8.89. The van der Waals surface area contributed by atoms with Gasteiger partial charge in [-0.3, -0.25) is 0 Å². The van der Waals surface area contributed by atoms with E-state index in [-0.39, 0.29) is 11.8 Å². The molecule has 0 aromatic heterocycles. The van der Waals surface area contributed by atoms with Gasteiger partial charge >= 0.3 is 6.36 Å². The number of halogens is 3. The molecule has 0 spiro atoms. The maximum atomic E-state index is 12.1. The molecule has 1 atom stereocenters. The number of benzene rings is 1. The number of hydrogen-bond donors (Lipinski definition) is 1. The molecule has 0 amide bonds. The summed E-state index contributed by atoms with van der Waals surface area (Å²) in [6.07, 6.45) is -1.96. The summed E-state index contributed by atoms with van der Waals surface area (Å²) in [4.78, 5) is 0. The molecule has 3 nitrogen and oxygen atoms in total. The lowest BCUT2D eigenvalue weighted by molar-refractivity contribution is -0.274. The summed E-state index contributed by atoms with van der Waals surface area (Å²) in [7, 11) is 1.66. The zero-order valence-corrected chi connectivity index (χ0v) is 12.4. The van der Waals surface area contributed by atoms with Gasteiger partial charge in [-0.2, -0.15) is 0 Å². The molecule has 1 aromatic carbocycles. The molecule has 0 radical (unpaired) electrons. The van der Waals surface area contributed by atoms with E-state index < -0.39 is 6.36 Å². The summed E-state index contributed by atoms with van der Waals surface area (Å²) in [5.74, 6) is -0.191. The number of alkyl halides is 3. The first-order valence-corrected chi connectivity index (χ1v) is 7.01. The predicted molar refractivity (Wildman–Crippen MR) is 75.4 cm³/mol. The molecule has 21 heavy (non-hydrogen) atoms. The monoisotopic (exact) mass is 305 g/mol. The molecule has 6 heteroatoms. The molecular formula is C15H22F3NO2. The summed E-state index contributed by atoms with van der Waals surface area (Å²) in [6, 6.07) is 6.25. The fourth-order valence-corrected chi connectivity index (χ4v) is 1.99. The first kappa shape index (κ1) is 17.8. The van der Waals surface area contributed by atoms with Crippen LogP contribution in [0.15, 0.2) is 24.3 Å². The molecule has 0 saturated heterocycles. The molecule has 1 rings (SSSR count). The van der Waals surface area contributed by atoms with Gasteiger partial charge in [0.25, 0.3) is 0 Å². The van der Waals surface area contributed by atoms with Crippen molar-refractivity contribution in [2.24, 2.45) is 0 Å². The molecule has 0 fully saturated rings. The highest BCUT2D eigenvalue weighted by Gasteiger charge is 2.30. The molecule has 0 aliphatic carbocycles. The number of hydrogen-bond acceptors (Lipinski definition) is 3. The van der Waals surface area contributed by atoms with Gasteiger partial charge in [-0.05, 0) is 43.5 Å². The molecule has 120 valence electrons. The van der Waals surface area contributed by atoms with E-state index in [9.17, 15) is 13.2 Å². The van der Waals surface area contributed by atoms with Crippen LogP contribution >= 0.6 is 0 Å². The summed E-state index contributed by atoms with van der Waals surface area (Å²) >= 11 is 0. The number of methoxy groups -OCH3 is 1. The van der Waals surface area contributed by atoms with Gasteiger partial charge in [0, 0.05) is 13.2 Å². The normalized spacial score (nSPS) is 13.2. The van der Waals surface area contributed by atoms with Crippen LogP contribution in [0.5, 0.6) is 5.75 Å². The fourth-order valence-electron chi connectivity index (χ4n) is 1.99. The van der Waals surface area contributed by atoms with Crippen LogP contribution in [0.1, 0.15) is 25.3 Å². The van der Waals surface area contributed by atoms with Crippen LogP contribution in [0.25, 0.3) is 0 Å². The molecule has 0 aliphatic heterocycles. The summed E-state index contributed by atoms with van der Waals surface area (Å²) < 4.78 is 45.2. The van der Waals surface area contributed by atoms with Crippen molar-refractivity contribution in [2.75, 3.05) is 20.3 Å².